The van der Waals surface area contributed by atoms with Crippen molar-refractivity contribution in [3.05, 3.63) is 198 Å². The second kappa shape index (κ2) is 13.4. The molecule has 0 radical (unpaired) electrons. The predicted molar refractivity (Wildman–Crippen MR) is 253 cm³/mol. The molecule has 0 aliphatic heterocycles. The average Bonchev–Trinajstić information content (AvgIpc) is 3.70. The molecule has 0 fully saturated rings. The molecule has 0 N–H and O–H groups in total. The summed E-state index contributed by atoms with van der Waals surface area (Å²) < 4.78 is 0. The van der Waals surface area contributed by atoms with Gasteiger partial charge in [-0.25, -0.2) is 15.0 Å². The first-order valence-electron chi connectivity index (χ1n) is 21.3. The fraction of sp³-hybridized carbons (Fsp3) is 0.105. The highest BCUT2D eigenvalue weighted by atomic mass is 15.0. The second-order valence-electron chi connectivity index (χ2n) is 17.7. The first kappa shape index (κ1) is 36.2. The van der Waals surface area contributed by atoms with Gasteiger partial charge in [0.2, 0.25) is 0 Å². The fourth-order valence-corrected chi connectivity index (χ4v) is 10.5. The average molecular weight is 796 g/mol. The molecule has 0 saturated carbocycles. The minimum absolute atomic E-state index is 0.278. The van der Waals surface area contributed by atoms with Crippen LogP contribution < -0.4 is 0 Å². The molecular weight excluding hydrogens is 755 g/mol. The molecule has 2 aliphatic rings. The van der Waals surface area contributed by atoms with Gasteiger partial charge in [-0.3, -0.25) is 9.97 Å². The van der Waals surface area contributed by atoms with Crippen LogP contribution in [-0.2, 0) is 10.8 Å². The van der Waals surface area contributed by atoms with E-state index in [1.807, 2.05) is 12.4 Å². The third kappa shape index (κ3) is 5.37. The highest BCUT2D eigenvalue weighted by molar-refractivity contribution is 5.99. The highest BCUT2D eigenvalue weighted by Gasteiger charge is 2.40. The molecule has 0 bridgehead atoms. The van der Waals surface area contributed by atoms with E-state index in [0.717, 1.165) is 60.8 Å². The Labute approximate surface area is 360 Å². The largest absolute Gasteiger partial charge is 0.256 e. The van der Waals surface area contributed by atoms with Crippen LogP contribution in [0.3, 0.4) is 0 Å². The molecule has 0 saturated heterocycles. The molecule has 7 aromatic carbocycles. The van der Waals surface area contributed by atoms with Crippen LogP contribution in [-0.4, -0.2) is 24.9 Å². The lowest BCUT2D eigenvalue weighted by Crippen LogP contribution is -2.18. The normalized spacial score (nSPS) is 14.1. The summed E-state index contributed by atoms with van der Waals surface area (Å²) in [4.78, 5) is 26.6. The van der Waals surface area contributed by atoms with Crippen LogP contribution in [0.25, 0.3) is 100 Å². The fourth-order valence-electron chi connectivity index (χ4n) is 10.5. The molecule has 5 nitrogen and oxygen atoms in total. The van der Waals surface area contributed by atoms with Crippen LogP contribution in [0.2, 0.25) is 0 Å². The van der Waals surface area contributed by atoms with Gasteiger partial charge in [-0.1, -0.05) is 161 Å². The van der Waals surface area contributed by atoms with Crippen molar-refractivity contribution in [2.24, 2.45) is 0 Å². The number of aromatic nitrogens is 5. The first-order valence-corrected chi connectivity index (χ1v) is 21.3. The van der Waals surface area contributed by atoms with Gasteiger partial charge in [-0.05, 0) is 85.6 Å². The smallest absolute Gasteiger partial charge is 0.164 e. The minimum atomic E-state index is -0.278. The van der Waals surface area contributed by atoms with E-state index in [1.54, 1.807) is 0 Å². The Bertz CT molecular complexity index is 3260. The van der Waals surface area contributed by atoms with E-state index in [2.05, 4.69) is 191 Å². The SMILES string of the molecule is CC1(C)c2ccccc2-c2cccc(-c3nc(-c4cc(-c5nccc6ccccc56)cc(-c5nccc6ccccc56)c4)nc(-c4cccc5c4C(C)(C)c4ccccc4-5)n3)c21. The molecule has 0 atom stereocenters. The van der Waals surface area contributed by atoms with Gasteiger partial charge >= 0.3 is 0 Å². The lowest BCUT2D eigenvalue weighted by atomic mass is 9.79. The van der Waals surface area contributed by atoms with Crippen molar-refractivity contribution in [2.45, 2.75) is 38.5 Å². The van der Waals surface area contributed by atoms with E-state index in [9.17, 15) is 0 Å². The Morgan fingerprint density at radius 1 is 0.339 bits per heavy atom. The lowest BCUT2D eigenvalue weighted by Gasteiger charge is -2.25. The van der Waals surface area contributed by atoms with Gasteiger partial charge in [0.25, 0.3) is 0 Å². The zero-order valence-electron chi connectivity index (χ0n) is 35.0. The standard InChI is InChI=1S/C57H41N5/c1-56(2)47-25-11-9-19-41(47)43-21-13-23-45(49(43)56)54-60-53(61-55(62-54)46-24-14-22-44-42-20-10-12-26-48(42)57(3,4)50(44)46)38-32-36(51-39-17-7-5-15-34(39)27-29-58-51)31-37(33-38)52-40-18-8-6-16-35(40)28-30-59-52/h5-33H,1-4H3. The zero-order valence-corrected chi connectivity index (χ0v) is 35.0. The Morgan fingerprint density at radius 2 is 0.726 bits per heavy atom. The molecule has 0 spiro atoms. The molecule has 62 heavy (non-hydrogen) atoms. The Kier molecular flexibility index (Phi) is 7.85. The van der Waals surface area contributed by atoms with Crippen LogP contribution in [0, 0.1) is 0 Å². The monoisotopic (exact) mass is 795 g/mol. The van der Waals surface area contributed by atoms with E-state index < -0.39 is 0 Å². The van der Waals surface area contributed by atoms with Crippen molar-refractivity contribution in [2.75, 3.05) is 0 Å². The van der Waals surface area contributed by atoms with Gasteiger partial charge < -0.3 is 0 Å². The maximum Gasteiger partial charge on any atom is 0.164 e. The quantitative estimate of drug-likeness (QED) is 0.174. The number of hydrogen-bond acceptors (Lipinski definition) is 5. The van der Waals surface area contributed by atoms with Crippen molar-refractivity contribution >= 4 is 21.5 Å². The van der Waals surface area contributed by atoms with E-state index >= 15 is 0 Å². The lowest BCUT2D eigenvalue weighted by molar-refractivity contribution is 0.660. The van der Waals surface area contributed by atoms with Crippen LogP contribution in [0.5, 0.6) is 0 Å². The van der Waals surface area contributed by atoms with Crippen molar-refractivity contribution in [3.8, 4) is 78.9 Å². The summed E-state index contributed by atoms with van der Waals surface area (Å²) in [6.07, 6.45) is 3.79. The molecule has 10 aromatic rings. The van der Waals surface area contributed by atoms with Crippen LogP contribution in [0.15, 0.2) is 176 Å². The molecule has 5 heteroatoms. The number of pyridine rings is 2. The van der Waals surface area contributed by atoms with Crippen molar-refractivity contribution < 1.29 is 0 Å². The predicted octanol–water partition coefficient (Wildman–Crippen LogP) is 13.9. The van der Waals surface area contributed by atoms with Gasteiger partial charge in [-0.2, -0.15) is 0 Å². The number of fused-ring (bicyclic) bond motifs is 8. The molecule has 294 valence electrons. The maximum absolute atomic E-state index is 5.51. The maximum atomic E-state index is 5.51. The highest BCUT2D eigenvalue weighted by Crippen LogP contribution is 2.54. The van der Waals surface area contributed by atoms with E-state index in [-0.39, 0.29) is 10.8 Å². The molecule has 0 amide bonds. The Balaban J connectivity index is 1.16. The summed E-state index contributed by atoms with van der Waals surface area (Å²) in [5, 5.41) is 4.40. The van der Waals surface area contributed by atoms with Gasteiger partial charge in [0.05, 0.1) is 11.4 Å². The Morgan fingerprint density at radius 3 is 1.23 bits per heavy atom. The molecule has 0 unspecified atom stereocenters. The number of rotatable bonds is 5. The van der Waals surface area contributed by atoms with Gasteiger partial charge in [0.15, 0.2) is 17.5 Å². The van der Waals surface area contributed by atoms with Gasteiger partial charge in [0.1, 0.15) is 0 Å². The second-order valence-corrected chi connectivity index (χ2v) is 17.7. The van der Waals surface area contributed by atoms with Gasteiger partial charge in [-0.15, -0.1) is 0 Å². The summed E-state index contributed by atoms with van der Waals surface area (Å²) in [7, 11) is 0. The number of hydrogen-bond donors (Lipinski definition) is 0. The third-order valence-electron chi connectivity index (χ3n) is 13.4. The minimum Gasteiger partial charge on any atom is -0.256 e. The molecular formula is C57H41N5. The van der Waals surface area contributed by atoms with E-state index in [0.29, 0.717) is 17.5 Å². The zero-order chi connectivity index (χ0) is 41.7. The van der Waals surface area contributed by atoms with Crippen LogP contribution in [0.1, 0.15) is 49.9 Å². The molecule has 12 rings (SSSR count). The van der Waals surface area contributed by atoms with Crippen molar-refractivity contribution in [3.63, 3.8) is 0 Å². The summed E-state index contributed by atoms with van der Waals surface area (Å²) in [6.45, 7) is 9.27. The summed E-state index contributed by atoms with van der Waals surface area (Å²) in [5.74, 6) is 1.88. The Hall–Kier alpha value is -7.63. The third-order valence-corrected chi connectivity index (χ3v) is 13.4. The van der Waals surface area contributed by atoms with Gasteiger partial charge in [0, 0.05) is 61.8 Å². The topological polar surface area (TPSA) is 64.5 Å². The van der Waals surface area contributed by atoms with Crippen LogP contribution >= 0.6 is 0 Å². The summed E-state index contributed by atoms with van der Waals surface area (Å²) in [6, 6.07) is 58.2. The van der Waals surface area contributed by atoms with E-state index in [1.165, 1.54) is 44.5 Å². The molecule has 3 aromatic heterocycles. The molecule has 3 heterocycles. The van der Waals surface area contributed by atoms with Crippen molar-refractivity contribution in [1.82, 2.24) is 24.9 Å². The molecule has 2 aliphatic carbocycles. The number of nitrogens with zero attached hydrogens (tertiary/aromatic N) is 5. The summed E-state index contributed by atoms with van der Waals surface area (Å²) in [5.41, 5.74) is 16.0. The van der Waals surface area contributed by atoms with Crippen LogP contribution in [0.4, 0.5) is 0 Å². The number of benzene rings is 7. The first-order chi connectivity index (χ1) is 30.3. The van der Waals surface area contributed by atoms with E-state index in [4.69, 9.17) is 24.9 Å². The van der Waals surface area contributed by atoms with Crippen molar-refractivity contribution in [1.29, 1.82) is 0 Å². The summed E-state index contributed by atoms with van der Waals surface area (Å²) >= 11 is 0.